The zero-order chi connectivity index (χ0) is 12.7. The Morgan fingerprint density at radius 3 is 2.12 bits per heavy atom. The summed E-state index contributed by atoms with van der Waals surface area (Å²) >= 11 is 0. The van der Waals surface area contributed by atoms with E-state index in [9.17, 15) is 14.0 Å². The number of rotatable bonds is 7. The number of aliphatic carboxylic acids is 1. The Hall–Kier alpha value is -1.13. The lowest BCUT2D eigenvalue weighted by Gasteiger charge is -2.22. The third-order valence-electron chi connectivity index (χ3n) is 2.94. The maximum Gasteiger partial charge on any atom is 0.328 e. The average Bonchev–Trinajstić information content (AvgIpc) is 2.26. The summed E-state index contributed by atoms with van der Waals surface area (Å²) in [5.41, 5.74) is 0. The van der Waals surface area contributed by atoms with Crippen molar-refractivity contribution < 1.29 is 19.1 Å². The van der Waals surface area contributed by atoms with E-state index < -0.39 is 24.6 Å². The molecule has 0 rings (SSSR count). The lowest BCUT2D eigenvalue weighted by atomic mass is 9.88. The third kappa shape index (κ3) is 4.16. The van der Waals surface area contributed by atoms with E-state index in [1.54, 1.807) is 6.92 Å². The van der Waals surface area contributed by atoms with Gasteiger partial charge in [0.1, 0.15) is 6.67 Å². The molecule has 2 unspecified atom stereocenters. The molecule has 0 aliphatic carbocycles. The van der Waals surface area contributed by atoms with E-state index >= 15 is 0 Å². The van der Waals surface area contributed by atoms with Crippen LogP contribution in [0.2, 0.25) is 0 Å². The molecule has 0 aliphatic heterocycles. The van der Waals surface area contributed by atoms with Crippen molar-refractivity contribution in [3.63, 3.8) is 0 Å². The molecule has 0 aromatic carbocycles. The first-order valence-corrected chi connectivity index (χ1v) is 5.56. The minimum absolute atomic E-state index is 0.203. The van der Waals surface area contributed by atoms with Gasteiger partial charge in [-0.25, -0.2) is 9.18 Å². The van der Waals surface area contributed by atoms with Gasteiger partial charge >= 0.3 is 5.97 Å². The van der Waals surface area contributed by atoms with Crippen LogP contribution in [0.5, 0.6) is 0 Å². The molecule has 0 aromatic rings. The number of hydrogen-bond acceptors (Lipinski definition) is 2. The SMILES string of the molecule is CCC(CC)C(C)C(=O)NC(CF)C(=O)O. The lowest BCUT2D eigenvalue weighted by molar-refractivity contribution is -0.143. The molecule has 0 aliphatic rings. The van der Waals surface area contributed by atoms with Crippen molar-refractivity contribution in [2.75, 3.05) is 6.67 Å². The molecule has 2 atom stereocenters. The van der Waals surface area contributed by atoms with E-state index in [0.717, 1.165) is 12.8 Å². The summed E-state index contributed by atoms with van der Waals surface area (Å²) < 4.78 is 12.3. The molecule has 0 heterocycles. The number of carbonyl (C=O) groups is 2. The fourth-order valence-corrected chi connectivity index (χ4v) is 1.68. The van der Waals surface area contributed by atoms with E-state index in [1.807, 2.05) is 13.8 Å². The molecule has 16 heavy (non-hydrogen) atoms. The largest absolute Gasteiger partial charge is 0.480 e. The van der Waals surface area contributed by atoms with E-state index in [1.165, 1.54) is 0 Å². The molecule has 0 bridgehead atoms. The van der Waals surface area contributed by atoms with Gasteiger partial charge in [-0.3, -0.25) is 4.79 Å². The van der Waals surface area contributed by atoms with E-state index in [4.69, 9.17) is 5.11 Å². The van der Waals surface area contributed by atoms with Crippen LogP contribution >= 0.6 is 0 Å². The second-order valence-corrected chi connectivity index (χ2v) is 3.92. The molecular weight excluding hydrogens is 213 g/mol. The van der Waals surface area contributed by atoms with Gasteiger partial charge in [0, 0.05) is 5.92 Å². The molecule has 0 radical (unpaired) electrons. The van der Waals surface area contributed by atoms with Crippen LogP contribution in [0, 0.1) is 11.8 Å². The Balaban J connectivity index is 4.38. The van der Waals surface area contributed by atoms with Crippen molar-refractivity contribution >= 4 is 11.9 Å². The van der Waals surface area contributed by atoms with Gasteiger partial charge in [0.05, 0.1) is 0 Å². The standard InChI is InChI=1S/C11H20FNO3/c1-4-8(5-2)7(3)10(14)13-9(6-12)11(15)16/h7-9H,4-6H2,1-3H3,(H,13,14)(H,15,16). The first-order chi connectivity index (χ1) is 7.47. The maximum atomic E-state index is 12.3. The minimum Gasteiger partial charge on any atom is -0.480 e. The Morgan fingerprint density at radius 1 is 1.31 bits per heavy atom. The smallest absolute Gasteiger partial charge is 0.328 e. The van der Waals surface area contributed by atoms with Gasteiger partial charge in [-0.2, -0.15) is 0 Å². The number of hydrogen-bond donors (Lipinski definition) is 2. The zero-order valence-electron chi connectivity index (χ0n) is 10.00. The molecule has 4 nitrogen and oxygen atoms in total. The summed E-state index contributed by atoms with van der Waals surface area (Å²) in [6.07, 6.45) is 1.69. The van der Waals surface area contributed by atoms with Crippen LogP contribution in [-0.4, -0.2) is 29.7 Å². The monoisotopic (exact) mass is 233 g/mol. The van der Waals surface area contributed by atoms with Crippen LogP contribution in [0.15, 0.2) is 0 Å². The molecule has 0 aromatic heterocycles. The average molecular weight is 233 g/mol. The van der Waals surface area contributed by atoms with Crippen LogP contribution in [0.3, 0.4) is 0 Å². The van der Waals surface area contributed by atoms with E-state index in [-0.39, 0.29) is 11.8 Å². The second kappa shape index (κ2) is 7.19. The van der Waals surface area contributed by atoms with Gasteiger partial charge < -0.3 is 10.4 Å². The summed E-state index contributed by atoms with van der Waals surface area (Å²) in [7, 11) is 0. The molecule has 0 fully saturated rings. The molecule has 0 saturated carbocycles. The highest BCUT2D eigenvalue weighted by Gasteiger charge is 2.26. The highest BCUT2D eigenvalue weighted by Crippen LogP contribution is 2.19. The van der Waals surface area contributed by atoms with Crippen molar-refractivity contribution in [1.82, 2.24) is 5.32 Å². The number of amides is 1. The number of halogens is 1. The predicted molar refractivity (Wildman–Crippen MR) is 58.8 cm³/mol. The first kappa shape index (κ1) is 14.9. The number of carboxylic acids is 1. The summed E-state index contributed by atoms with van der Waals surface area (Å²) in [6, 6.07) is -1.43. The number of carboxylic acid groups (broad SMARTS) is 1. The minimum atomic E-state index is -1.43. The van der Waals surface area contributed by atoms with Gasteiger partial charge in [0.2, 0.25) is 5.91 Å². The van der Waals surface area contributed by atoms with Crippen LogP contribution in [0.1, 0.15) is 33.6 Å². The molecule has 0 saturated heterocycles. The fourth-order valence-electron chi connectivity index (χ4n) is 1.68. The quantitative estimate of drug-likeness (QED) is 0.702. The number of carbonyl (C=O) groups excluding carboxylic acids is 1. The number of alkyl halides is 1. The Kier molecular flexibility index (Phi) is 6.69. The van der Waals surface area contributed by atoms with Gasteiger partial charge in [-0.05, 0) is 5.92 Å². The Bertz CT molecular complexity index is 241. The summed E-state index contributed by atoms with van der Waals surface area (Å²) in [4.78, 5) is 22.2. The highest BCUT2D eigenvalue weighted by atomic mass is 19.1. The van der Waals surface area contributed by atoms with E-state index in [0.29, 0.717) is 0 Å². The molecule has 94 valence electrons. The second-order valence-electron chi connectivity index (χ2n) is 3.92. The molecular formula is C11H20FNO3. The molecule has 5 heteroatoms. The van der Waals surface area contributed by atoms with Crippen molar-refractivity contribution in [1.29, 1.82) is 0 Å². The summed E-state index contributed by atoms with van der Waals surface area (Å²) in [6.45, 7) is 4.60. The molecule has 2 N–H and O–H groups in total. The van der Waals surface area contributed by atoms with Crippen LogP contribution in [0.4, 0.5) is 4.39 Å². The molecule has 0 spiro atoms. The maximum absolute atomic E-state index is 12.3. The van der Waals surface area contributed by atoms with Gasteiger partial charge in [-0.15, -0.1) is 0 Å². The third-order valence-corrected chi connectivity index (χ3v) is 2.94. The van der Waals surface area contributed by atoms with E-state index in [2.05, 4.69) is 5.32 Å². The fraction of sp³-hybridized carbons (Fsp3) is 0.818. The number of nitrogens with one attached hydrogen (secondary N) is 1. The lowest BCUT2D eigenvalue weighted by Crippen LogP contribution is -2.45. The summed E-state index contributed by atoms with van der Waals surface area (Å²) in [5, 5.41) is 10.8. The van der Waals surface area contributed by atoms with Crippen LogP contribution < -0.4 is 5.32 Å². The van der Waals surface area contributed by atoms with Crippen molar-refractivity contribution in [3.05, 3.63) is 0 Å². The van der Waals surface area contributed by atoms with Crippen LogP contribution in [0.25, 0.3) is 0 Å². The highest BCUT2D eigenvalue weighted by molar-refractivity contribution is 5.85. The van der Waals surface area contributed by atoms with Gasteiger partial charge in [0.25, 0.3) is 0 Å². The van der Waals surface area contributed by atoms with Gasteiger partial charge in [0.15, 0.2) is 6.04 Å². The Morgan fingerprint density at radius 2 is 1.81 bits per heavy atom. The van der Waals surface area contributed by atoms with Crippen LogP contribution in [-0.2, 0) is 9.59 Å². The van der Waals surface area contributed by atoms with Crippen molar-refractivity contribution in [2.24, 2.45) is 11.8 Å². The topological polar surface area (TPSA) is 66.4 Å². The van der Waals surface area contributed by atoms with Crippen molar-refractivity contribution in [3.8, 4) is 0 Å². The summed E-state index contributed by atoms with van der Waals surface area (Å²) in [5.74, 6) is -1.82. The molecule has 1 amide bonds. The predicted octanol–water partition coefficient (Wildman–Crippen LogP) is 1.60. The van der Waals surface area contributed by atoms with Gasteiger partial charge in [-0.1, -0.05) is 33.6 Å². The Labute approximate surface area is 95.2 Å². The first-order valence-electron chi connectivity index (χ1n) is 5.56. The normalized spacial score (nSPS) is 14.6. The zero-order valence-corrected chi connectivity index (χ0v) is 10.00. The van der Waals surface area contributed by atoms with Crippen molar-refractivity contribution in [2.45, 2.75) is 39.7 Å².